The van der Waals surface area contributed by atoms with E-state index in [0.717, 1.165) is 5.76 Å². The zero-order chi connectivity index (χ0) is 18.1. The lowest BCUT2D eigenvalue weighted by Crippen LogP contribution is -2.25. The fourth-order valence-corrected chi connectivity index (χ4v) is 2.74. The Morgan fingerprint density at radius 1 is 1.36 bits per heavy atom. The van der Waals surface area contributed by atoms with Crippen LogP contribution in [0.25, 0.3) is 0 Å². The van der Waals surface area contributed by atoms with Crippen molar-refractivity contribution in [1.29, 1.82) is 0 Å². The van der Waals surface area contributed by atoms with Crippen LogP contribution in [0.1, 0.15) is 29.5 Å². The first-order valence-electron chi connectivity index (χ1n) is 8.04. The largest absolute Gasteiger partial charge is 0.493 e. The number of furan rings is 1. The fourth-order valence-electron chi connectivity index (χ4n) is 2.18. The Kier molecular flexibility index (Phi) is 7.81. The number of carbonyl (C=O) groups is 1. The van der Waals surface area contributed by atoms with Crippen LogP contribution in [0, 0.1) is 0 Å². The molecular weight excluding hydrogens is 390 g/mol. The molecule has 0 spiro atoms. The first-order chi connectivity index (χ1) is 12.2. The molecule has 136 valence electrons. The number of benzene rings is 1. The molecule has 6 nitrogen and oxygen atoms in total. The SMILES string of the molecule is CCOc1c(Br)cc(C(=O)NCCCOCc2ccco2)cc1OC. The molecule has 1 amide bonds. The molecule has 25 heavy (non-hydrogen) atoms. The van der Waals surface area contributed by atoms with Crippen molar-refractivity contribution in [2.24, 2.45) is 0 Å². The van der Waals surface area contributed by atoms with E-state index in [9.17, 15) is 4.79 Å². The minimum Gasteiger partial charge on any atom is -0.493 e. The first kappa shape index (κ1) is 19.3. The maximum atomic E-state index is 12.3. The number of carbonyl (C=O) groups excluding carboxylic acids is 1. The number of methoxy groups -OCH3 is 1. The van der Waals surface area contributed by atoms with Gasteiger partial charge in [-0.1, -0.05) is 0 Å². The van der Waals surface area contributed by atoms with E-state index >= 15 is 0 Å². The predicted molar refractivity (Wildman–Crippen MR) is 97.2 cm³/mol. The minimum atomic E-state index is -0.173. The standard InChI is InChI=1S/C18H22BrNO5/c1-3-24-17-15(19)10-13(11-16(17)22-2)18(21)20-7-5-8-23-12-14-6-4-9-25-14/h4,6,9-11H,3,5,7-8,12H2,1-2H3,(H,20,21). The number of hydrogen-bond acceptors (Lipinski definition) is 5. The molecule has 1 aromatic heterocycles. The number of ether oxygens (including phenoxy) is 3. The summed E-state index contributed by atoms with van der Waals surface area (Å²) in [5, 5.41) is 2.86. The lowest BCUT2D eigenvalue weighted by atomic mass is 10.2. The molecule has 0 saturated carbocycles. The monoisotopic (exact) mass is 411 g/mol. The van der Waals surface area contributed by atoms with Gasteiger partial charge in [0.1, 0.15) is 12.4 Å². The van der Waals surface area contributed by atoms with E-state index in [-0.39, 0.29) is 5.91 Å². The van der Waals surface area contributed by atoms with Crippen molar-refractivity contribution in [3.8, 4) is 11.5 Å². The molecule has 1 N–H and O–H groups in total. The van der Waals surface area contributed by atoms with E-state index in [2.05, 4.69) is 21.2 Å². The molecule has 1 aromatic carbocycles. The van der Waals surface area contributed by atoms with Crippen LogP contribution >= 0.6 is 15.9 Å². The number of amides is 1. The van der Waals surface area contributed by atoms with Crippen LogP contribution in [0.2, 0.25) is 0 Å². The normalized spacial score (nSPS) is 10.5. The van der Waals surface area contributed by atoms with E-state index in [0.29, 0.717) is 54.3 Å². The lowest BCUT2D eigenvalue weighted by molar-refractivity contribution is 0.0916. The second kappa shape index (κ2) is 10.1. The Morgan fingerprint density at radius 2 is 2.20 bits per heavy atom. The molecule has 0 unspecified atom stereocenters. The van der Waals surface area contributed by atoms with Gasteiger partial charge in [0.15, 0.2) is 11.5 Å². The molecular formula is C18H22BrNO5. The summed E-state index contributed by atoms with van der Waals surface area (Å²) in [6.45, 7) is 3.89. The second-order valence-corrected chi connectivity index (χ2v) is 6.02. The lowest BCUT2D eigenvalue weighted by Gasteiger charge is -2.13. The summed E-state index contributed by atoms with van der Waals surface area (Å²) in [4.78, 5) is 12.3. The maximum Gasteiger partial charge on any atom is 0.251 e. The summed E-state index contributed by atoms with van der Waals surface area (Å²) < 4.78 is 22.2. The van der Waals surface area contributed by atoms with Crippen LogP contribution in [-0.4, -0.2) is 32.8 Å². The van der Waals surface area contributed by atoms with Crippen molar-refractivity contribution in [2.45, 2.75) is 20.0 Å². The number of halogens is 1. The molecule has 0 radical (unpaired) electrons. The molecule has 1 heterocycles. The van der Waals surface area contributed by atoms with Crippen molar-refractivity contribution in [3.05, 3.63) is 46.3 Å². The highest BCUT2D eigenvalue weighted by atomic mass is 79.9. The number of nitrogens with one attached hydrogen (secondary N) is 1. The minimum absolute atomic E-state index is 0.173. The molecule has 2 aromatic rings. The zero-order valence-corrected chi connectivity index (χ0v) is 15.9. The van der Waals surface area contributed by atoms with E-state index in [1.807, 2.05) is 19.1 Å². The van der Waals surface area contributed by atoms with Crippen molar-refractivity contribution in [3.63, 3.8) is 0 Å². The summed E-state index contributed by atoms with van der Waals surface area (Å²) in [7, 11) is 1.54. The Hall–Kier alpha value is -1.99. The fraction of sp³-hybridized carbons (Fsp3) is 0.389. The summed E-state index contributed by atoms with van der Waals surface area (Å²) in [6.07, 6.45) is 2.32. The highest BCUT2D eigenvalue weighted by Crippen LogP contribution is 2.36. The van der Waals surface area contributed by atoms with E-state index in [1.54, 1.807) is 25.5 Å². The Morgan fingerprint density at radius 3 is 2.88 bits per heavy atom. The van der Waals surface area contributed by atoms with Crippen molar-refractivity contribution >= 4 is 21.8 Å². The van der Waals surface area contributed by atoms with Crippen molar-refractivity contribution < 1.29 is 23.4 Å². The smallest absolute Gasteiger partial charge is 0.251 e. The maximum absolute atomic E-state index is 12.3. The average molecular weight is 412 g/mol. The van der Waals surface area contributed by atoms with E-state index in [1.165, 1.54) is 0 Å². The van der Waals surface area contributed by atoms with Gasteiger partial charge in [-0.2, -0.15) is 0 Å². The van der Waals surface area contributed by atoms with Gasteiger partial charge in [0.25, 0.3) is 5.91 Å². The van der Waals surface area contributed by atoms with Gasteiger partial charge in [-0.25, -0.2) is 0 Å². The molecule has 0 fully saturated rings. The van der Waals surface area contributed by atoms with Gasteiger partial charge in [0.05, 0.1) is 24.5 Å². The summed E-state index contributed by atoms with van der Waals surface area (Å²) in [5.74, 6) is 1.72. The van der Waals surface area contributed by atoms with Crippen molar-refractivity contribution in [1.82, 2.24) is 5.32 Å². The highest BCUT2D eigenvalue weighted by Gasteiger charge is 2.15. The van der Waals surface area contributed by atoms with Gasteiger partial charge >= 0.3 is 0 Å². The van der Waals surface area contributed by atoms with Gasteiger partial charge in [0.2, 0.25) is 0 Å². The summed E-state index contributed by atoms with van der Waals surface area (Å²) in [5.41, 5.74) is 0.503. The van der Waals surface area contributed by atoms with Crippen LogP contribution in [0.4, 0.5) is 0 Å². The van der Waals surface area contributed by atoms with Crippen LogP contribution < -0.4 is 14.8 Å². The van der Waals surface area contributed by atoms with Crippen LogP contribution in [0.15, 0.2) is 39.4 Å². The zero-order valence-electron chi connectivity index (χ0n) is 14.3. The predicted octanol–water partition coefficient (Wildman–Crippen LogP) is 3.79. The van der Waals surface area contributed by atoms with Crippen LogP contribution in [0.3, 0.4) is 0 Å². The van der Waals surface area contributed by atoms with Crippen molar-refractivity contribution in [2.75, 3.05) is 26.9 Å². The second-order valence-electron chi connectivity index (χ2n) is 5.16. The van der Waals surface area contributed by atoms with Gasteiger partial charge in [-0.05, 0) is 53.5 Å². The van der Waals surface area contributed by atoms with Crippen LogP contribution in [0.5, 0.6) is 11.5 Å². The van der Waals surface area contributed by atoms with Gasteiger partial charge in [-0.15, -0.1) is 0 Å². The van der Waals surface area contributed by atoms with Gasteiger partial charge in [-0.3, -0.25) is 4.79 Å². The molecule has 0 atom stereocenters. The Bertz CT molecular complexity index is 672. The molecule has 7 heteroatoms. The molecule has 0 bridgehead atoms. The van der Waals surface area contributed by atoms with E-state index in [4.69, 9.17) is 18.6 Å². The van der Waals surface area contributed by atoms with E-state index < -0.39 is 0 Å². The number of rotatable bonds is 10. The molecule has 0 aliphatic heterocycles. The first-order valence-corrected chi connectivity index (χ1v) is 8.83. The number of hydrogen-bond donors (Lipinski definition) is 1. The Labute approximate surface area is 155 Å². The third-order valence-corrected chi connectivity index (χ3v) is 3.94. The topological polar surface area (TPSA) is 69.9 Å². The molecule has 2 rings (SSSR count). The average Bonchev–Trinajstić information content (AvgIpc) is 3.12. The molecule has 0 aliphatic carbocycles. The van der Waals surface area contributed by atoms with Gasteiger partial charge < -0.3 is 23.9 Å². The van der Waals surface area contributed by atoms with Gasteiger partial charge in [0, 0.05) is 18.7 Å². The van der Waals surface area contributed by atoms with Crippen LogP contribution in [-0.2, 0) is 11.3 Å². The third-order valence-electron chi connectivity index (χ3n) is 3.36. The third kappa shape index (κ3) is 5.79. The molecule has 0 saturated heterocycles. The molecule has 0 aliphatic rings. The highest BCUT2D eigenvalue weighted by molar-refractivity contribution is 9.10. The summed E-state index contributed by atoms with van der Waals surface area (Å²) >= 11 is 3.42. The summed E-state index contributed by atoms with van der Waals surface area (Å²) in [6, 6.07) is 7.07. The Balaban J connectivity index is 1.79. The quantitative estimate of drug-likeness (QED) is 0.602.